The predicted octanol–water partition coefficient (Wildman–Crippen LogP) is 2.59. The first-order chi connectivity index (χ1) is 11.2. The highest BCUT2D eigenvalue weighted by atomic mass is 16.5. The maximum absolute atomic E-state index is 12.2. The van der Waals surface area contributed by atoms with E-state index >= 15 is 0 Å². The standard InChI is InChI=1S/C17H16N4O2/c1-23-15-4-2-3-14(11-15)17(22)19-16-7-10-21(20-16)12-13-5-8-18-9-6-13/h2-11H,12H2,1H3,(H,19,20,22). The van der Waals surface area contributed by atoms with Gasteiger partial charge in [0, 0.05) is 30.2 Å². The summed E-state index contributed by atoms with van der Waals surface area (Å²) >= 11 is 0. The molecular formula is C17H16N4O2. The SMILES string of the molecule is COc1cccc(C(=O)Nc2ccn(Cc3ccncc3)n2)c1. The van der Waals surface area contributed by atoms with Crippen LogP contribution in [0.5, 0.6) is 5.75 Å². The molecule has 0 saturated carbocycles. The van der Waals surface area contributed by atoms with E-state index in [0.717, 1.165) is 5.56 Å². The number of hydrogen-bond acceptors (Lipinski definition) is 4. The summed E-state index contributed by atoms with van der Waals surface area (Å²) in [6.07, 6.45) is 5.30. The van der Waals surface area contributed by atoms with Crippen molar-refractivity contribution in [2.45, 2.75) is 6.54 Å². The van der Waals surface area contributed by atoms with E-state index < -0.39 is 0 Å². The van der Waals surface area contributed by atoms with Crippen LogP contribution in [-0.2, 0) is 6.54 Å². The van der Waals surface area contributed by atoms with E-state index in [0.29, 0.717) is 23.7 Å². The fraction of sp³-hybridized carbons (Fsp3) is 0.118. The first kappa shape index (κ1) is 14.8. The fourth-order valence-electron chi connectivity index (χ4n) is 2.14. The summed E-state index contributed by atoms with van der Waals surface area (Å²) in [4.78, 5) is 16.2. The number of hydrogen-bond donors (Lipinski definition) is 1. The van der Waals surface area contributed by atoms with Crippen molar-refractivity contribution in [2.75, 3.05) is 12.4 Å². The Labute approximate surface area is 133 Å². The van der Waals surface area contributed by atoms with Crippen LogP contribution in [0.25, 0.3) is 0 Å². The lowest BCUT2D eigenvalue weighted by atomic mass is 10.2. The molecule has 0 radical (unpaired) electrons. The van der Waals surface area contributed by atoms with Gasteiger partial charge in [0.05, 0.1) is 13.7 Å². The molecule has 6 heteroatoms. The van der Waals surface area contributed by atoms with Crippen LogP contribution in [0.2, 0.25) is 0 Å². The molecule has 2 heterocycles. The molecule has 116 valence electrons. The Kier molecular flexibility index (Phi) is 4.33. The van der Waals surface area contributed by atoms with Crippen LogP contribution in [0.3, 0.4) is 0 Å². The Morgan fingerprint density at radius 2 is 2.04 bits per heavy atom. The average Bonchev–Trinajstić information content (AvgIpc) is 3.02. The van der Waals surface area contributed by atoms with Crippen molar-refractivity contribution in [3.63, 3.8) is 0 Å². The van der Waals surface area contributed by atoms with E-state index in [1.165, 1.54) is 0 Å². The number of anilines is 1. The van der Waals surface area contributed by atoms with Gasteiger partial charge < -0.3 is 10.1 Å². The van der Waals surface area contributed by atoms with Crippen molar-refractivity contribution in [3.8, 4) is 5.75 Å². The number of aromatic nitrogens is 3. The van der Waals surface area contributed by atoms with Crippen LogP contribution in [0.1, 0.15) is 15.9 Å². The summed E-state index contributed by atoms with van der Waals surface area (Å²) in [5.41, 5.74) is 1.61. The third-order valence-electron chi connectivity index (χ3n) is 3.31. The Hall–Kier alpha value is -3.15. The van der Waals surface area contributed by atoms with Gasteiger partial charge in [0.2, 0.25) is 0 Å². The molecule has 3 aromatic rings. The summed E-state index contributed by atoms with van der Waals surface area (Å²) in [7, 11) is 1.57. The van der Waals surface area contributed by atoms with Crippen molar-refractivity contribution in [2.24, 2.45) is 0 Å². The van der Waals surface area contributed by atoms with Gasteiger partial charge in [-0.05, 0) is 35.9 Å². The molecule has 23 heavy (non-hydrogen) atoms. The van der Waals surface area contributed by atoms with E-state index in [-0.39, 0.29) is 5.91 Å². The van der Waals surface area contributed by atoms with Crippen molar-refractivity contribution in [1.82, 2.24) is 14.8 Å². The third-order valence-corrected chi connectivity index (χ3v) is 3.31. The maximum atomic E-state index is 12.2. The zero-order valence-corrected chi connectivity index (χ0v) is 12.6. The second-order valence-corrected chi connectivity index (χ2v) is 4.94. The minimum Gasteiger partial charge on any atom is -0.497 e. The molecule has 0 saturated heterocycles. The zero-order valence-electron chi connectivity index (χ0n) is 12.6. The summed E-state index contributed by atoms with van der Waals surface area (Å²) in [5, 5.41) is 7.12. The lowest BCUT2D eigenvalue weighted by Gasteiger charge is -2.05. The van der Waals surface area contributed by atoms with Gasteiger partial charge in [0.15, 0.2) is 5.82 Å². The number of amides is 1. The lowest BCUT2D eigenvalue weighted by molar-refractivity contribution is 0.102. The molecule has 1 aromatic carbocycles. The van der Waals surface area contributed by atoms with E-state index in [9.17, 15) is 4.79 Å². The molecule has 3 rings (SSSR count). The quantitative estimate of drug-likeness (QED) is 0.786. The largest absolute Gasteiger partial charge is 0.497 e. The molecule has 0 bridgehead atoms. The molecule has 1 amide bonds. The van der Waals surface area contributed by atoms with Gasteiger partial charge in [-0.15, -0.1) is 0 Å². The lowest BCUT2D eigenvalue weighted by Crippen LogP contribution is -2.13. The van der Waals surface area contributed by atoms with Crippen molar-refractivity contribution >= 4 is 11.7 Å². The zero-order chi connectivity index (χ0) is 16.1. The van der Waals surface area contributed by atoms with Crippen LogP contribution < -0.4 is 10.1 Å². The molecule has 0 aliphatic rings. The molecule has 0 fully saturated rings. The minimum absolute atomic E-state index is 0.224. The number of nitrogens with one attached hydrogen (secondary N) is 1. The number of methoxy groups -OCH3 is 1. The summed E-state index contributed by atoms with van der Waals surface area (Å²) < 4.78 is 6.88. The van der Waals surface area contributed by atoms with Gasteiger partial charge in [0.1, 0.15) is 5.75 Å². The normalized spacial score (nSPS) is 10.3. The molecule has 1 N–H and O–H groups in total. The first-order valence-corrected chi connectivity index (χ1v) is 7.12. The summed E-state index contributed by atoms with van der Waals surface area (Å²) in [6, 6.07) is 12.6. The Balaban J connectivity index is 1.67. The van der Waals surface area contributed by atoms with Gasteiger partial charge in [-0.2, -0.15) is 5.10 Å². The van der Waals surface area contributed by atoms with Gasteiger partial charge in [-0.25, -0.2) is 0 Å². The van der Waals surface area contributed by atoms with Crippen LogP contribution >= 0.6 is 0 Å². The number of carbonyl (C=O) groups is 1. The molecule has 2 aromatic heterocycles. The first-order valence-electron chi connectivity index (χ1n) is 7.12. The second kappa shape index (κ2) is 6.74. The molecule has 6 nitrogen and oxygen atoms in total. The molecule has 0 aliphatic heterocycles. The highest BCUT2D eigenvalue weighted by molar-refractivity contribution is 6.03. The van der Waals surface area contributed by atoms with E-state index in [2.05, 4.69) is 15.4 Å². The number of pyridine rings is 1. The average molecular weight is 308 g/mol. The van der Waals surface area contributed by atoms with E-state index in [4.69, 9.17) is 4.74 Å². The Morgan fingerprint density at radius 3 is 2.83 bits per heavy atom. The van der Waals surface area contributed by atoms with Gasteiger partial charge in [-0.3, -0.25) is 14.5 Å². The number of benzene rings is 1. The summed E-state index contributed by atoms with van der Waals surface area (Å²) in [5.74, 6) is 0.922. The molecule has 0 unspecified atom stereocenters. The van der Waals surface area contributed by atoms with Crippen LogP contribution in [-0.4, -0.2) is 27.8 Å². The Bertz CT molecular complexity index is 799. The fourth-order valence-corrected chi connectivity index (χ4v) is 2.14. The minimum atomic E-state index is -0.224. The maximum Gasteiger partial charge on any atom is 0.256 e. The second-order valence-electron chi connectivity index (χ2n) is 4.94. The van der Waals surface area contributed by atoms with Crippen molar-refractivity contribution in [1.29, 1.82) is 0 Å². The molecule has 0 atom stereocenters. The molecular weight excluding hydrogens is 292 g/mol. The monoisotopic (exact) mass is 308 g/mol. The molecule has 0 spiro atoms. The van der Waals surface area contributed by atoms with Crippen molar-refractivity contribution < 1.29 is 9.53 Å². The van der Waals surface area contributed by atoms with Gasteiger partial charge in [0.25, 0.3) is 5.91 Å². The number of nitrogens with zero attached hydrogens (tertiary/aromatic N) is 3. The highest BCUT2D eigenvalue weighted by Gasteiger charge is 2.09. The van der Waals surface area contributed by atoms with Gasteiger partial charge >= 0.3 is 0 Å². The predicted molar refractivity (Wildman–Crippen MR) is 86.5 cm³/mol. The third kappa shape index (κ3) is 3.74. The highest BCUT2D eigenvalue weighted by Crippen LogP contribution is 2.14. The molecule has 0 aliphatic carbocycles. The topological polar surface area (TPSA) is 69.0 Å². The van der Waals surface area contributed by atoms with Crippen LogP contribution in [0, 0.1) is 0 Å². The van der Waals surface area contributed by atoms with E-state index in [1.54, 1.807) is 54.5 Å². The van der Waals surface area contributed by atoms with Gasteiger partial charge in [-0.1, -0.05) is 6.07 Å². The Morgan fingerprint density at radius 1 is 1.22 bits per heavy atom. The number of rotatable bonds is 5. The van der Waals surface area contributed by atoms with E-state index in [1.807, 2.05) is 18.3 Å². The number of carbonyl (C=O) groups excluding carboxylic acids is 1. The number of ether oxygens (including phenoxy) is 1. The smallest absolute Gasteiger partial charge is 0.256 e. The summed E-state index contributed by atoms with van der Waals surface area (Å²) in [6.45, 7) is 0.623. The van der Waals surface area contributed by atoms with Crippen LogP contribution in [0.4, 0.5) is 5.82 Å². The van der Waals surface area contributed by atoms with Crippen LogP contribution in [0.15, 0.2) is 61.1 Å². The van der Waals surface area contributed by atoms with Crippen molar-refractivity contribution in [3.05, 3.63) is 72.2 Å².